The molecule has 1 aromatic carbocycles. The molecular formula is C15H18BrNO4. The number of amides is 1. The summed E-state index contributed by atoms with van der Waals surface area (Å²) in [4.78, 5) is 24.8. The number of carboxylic acids is 1. The van der Waals surface area contributed by atoms with Crippen molar-refractivity contribution in [2.45, 2.75) is 31.9 Å². The van der Waals surface area contributed by atoms with Gasteiger partial charge in [-0.25, -0.2) is 0 Å². The number of hydrogen-bond acceptors (Lipinski definition) is 3. The summed E-state index contributed by atoms with van der Waals surface area (Å²) in [5.74, 6) is -1.26. The molecule has 21 heavy (non-hydrogen) atoms. The summed E-state index contributed by atoms with van der Waals surface area (Å²) >= 11 is 3.37. The quantitative estimate of drug-likeness (QED) is 0.880. The first-order valence-corrected chi connectivity index (χ1v) is 7.72. The third kappa shape index (κ3) is 4.82. The minimum absolute atomic E-state index is 0.239. The zero-order chi connectivity index (χ0) is 15.2. The van der Waals surface area contributed by atoms with E-state index >= 15 is 0 Å². The van der Waals surface area contributed by atoms with Crippen molar-refractivity contribution < 1.29 is 19.4 Å². The highest BCUT2D eigenvalue weighted by Crippen LogP contribution is 2.18. The van der Waals surface area contributed by atoms with Gasteiger partial charge in [-0.05, 0) is 37.0 Å². The van der Waals surface area contributed by atoms with Crippen LogP contribution < -0.4 is 0 Å². The van der Waals surface area contributed by atoms with Gasteiger partial charge >= 0.3 is 5.97 Å². The zero-order valence-corrected chi connectivity index (χ0v) is 13.2. The molecule has 0 saturated carbocycles. The van der Waals surface area contributed by atoms with Crippen molar-refractivity contribution in [1.82, 2.24) is 4.90 Å². The molecule has 1 N–H and O–H groups in total. The standard InChI is InChI=1S/C15H18BrNO4/c16-12-5-3-4-11(8-12)9-17(10-14(18)19)15(20)13-6-1-2-7-21-13/h3-5,8,13H,1-2,6-7,9-10H2,(H,18,19). The molecule has 1 aromatic rings. The Kier molecular flexibility index (Phi) is 5.76. The number of aliphatic carboxylic acids is 1. The first-order valence-electron chi connectivity index (χ1n) is 6.93. The lowest BCUT2D eigenvalue weighted by Crippen LogP contribution is -2.43. The van der Waals surface area contributed by atoms with Gasteiger partial charge in [0.05, 0.1) is 0 Å². The largest absolute Gasteiger partial charge is 0.480 e. The number of ether oxygens (including phenoxy) is 1. The van der Waals surface area contributed by atoms with Gasteiger partial charge in [0.1, 0.15) is 12.6 Å². The number of carbonyl (C=O) groups is 2. The van der Waals surface area contributed by atoms with E-state index in [4.69, 9.17) is 9.84 Å². The summed E-state index contributed by atoms with van der Waals surface area (Å²) in [6.07, 6.45) is 2.04. The van der Waals surface area contributed by atoms with Crippen molar-refractivity contribution in [3.8, 4) is 0 Å². The molecule has 0 radical (unpaired) electrons. The number of hydrogen-bond donors (Lipinski definition) is 1. The number of carboxylic acid groups (broad SMARTS) is 1. The Balaban J connectivity index is 2.09. The lowest BCUT2D eigenvalue weighted by atomic mass is 10.1. The Morgan fingerprint density at radius 1 is 1.38 bits per heavy atom. The fourth-order valence-corrected chi connectivity index (χ4v) is 2.82. The highest BCUT2D eigenvalue weighted by atomic mass is 79.9. The van der Waals surface area contributed by atoms with Crippen LogP contribution in [0.5, 0.6) is 0 Å². The van der Waals surface area contributed by atoms with E-state index in [2.05, 4.69) is 15.9 Å². The average molecular weight is 356 g/mol. The molecule has 5 nitrogen and oxygen atoms in total. The summed E-state index contributed by atoms with van der Waals surface area (Å²) in [5, 5.41) is 9.02. The van der Waals surface area contributed by atoms with E-state index in [1.54, 1.807) is 0 Å². The fraction of sp³-hybridized carbons (Fsp3) is 0.467. The van der Waals surface area contributed by atoms with Crippen LogP contribution in [-0.2, 0) is 20.9 Å². The molecule has 1 heterocycles. The minimum Gasteiger partial charge on any atom is -0.480 e. The maximum atomic E-state index is 12.4. The van der Waals surface area contributed by atoms with Crippen LogP contribution in [0, 0.1) is 0 Å². The lowest BCUT2D eigenvalue weighted by molar-refractivity contribution is -0.153. The van der Waals surface area contributed by atoms with Crippen LogP contribution in [0.2, 0.25) is 0 Å². The summed E-state index contributed by atoms with van der Waals surface area (Å²) in [7, 11) is 0. The van der Waals surface area contributed by atoms with Gasteiger partial charge in [0.2, 0.25) is 0 Å². The fourth-order valence-electron chi connectivity index (χ4n) is 2.37. The molecule has 114 valence electrons. The van der Waals surface area contributed by atoms with E-state index < -0.39 is 12.1 Å². The Bertz CT molecular complexity index is 514. The Morgan fingerprint density at radius 3 is 2.81 bits per heavy atom. The SMILES string of the molecule is O=C(O)CN(Cc1cccc(Br)c1)C(=O)C1CCCCO1. The third-order valence-corrected chi connectivity index (χ3v) is 3.85. The van der Waals surface area contributed by atoms with Gasteiger partial charge in [-0.15, -0.1) is 0 Å². The first-order chi connectivity index (χ1) is 10.1. The molecule has 1 atom stereocenters. The van der Waals surface area contributed by atoms with Crippen molar-refractivity contribution in [3.05, 3.63) is 34.3 Å². The molecule has 1 saturated heterocycles. The van der Waals surface area contributed by atoms with Crippen molar-refractivity contribution in [3.63, 3.8) is 0 Å². The number of halogens is 1. The maximum absolute atomic E-state index is 12.4. The lowest BCUT2D eigenvalue weighted by Gasteiger charge is -2.28. The van der Waals surface area contributed by atoms with Gasteiger partial charge in [-0.2, -0.15) is 0 Å². The first kappa shape index (κ1) is 16.0. The van der Waals surface area contributed by atoms with E-state index in [0.29, 0.717) is 13.0 Å². The van der Waals surface area contributed by atoms with Crippen molar-refractivity contribution in [2.75, 3.05) is 13.2 Å². The van der Waals surface area contributed by atoms with Crippen LogP contribution in [0.25, 0.3) is 0 Å². The predicted octanol–water partition coefficient (Wildman–Crippen LogP) is 2.43. The van der Waals surface area contributed by atoms with Gasteiger partial charge in [-0.1, -0.05) is 28.1 Å². The average Bonchev–Trinajstić information content (AvgIpc) is 2.46. The summed E-state index contributed by atoms with van der Waals surface area (Å²) in [6.45, 7) is 0.518. The van der Waals surface area contributed by atoms with E-state index in [0.717, 1.165) is 22.9 Å². The van der Waals surface area contributed by atoms with Crippen LogP contribution in [0.3, 0.4) is 0 Å². The van der Waals surface area contributed by atoms with Crippen LogP contribution in [0.15, 0.2) is 28.7 Å². The van der Waals surface area contributed by atoms with Gasteiger partial charge in [0.15, 0.2) is 0 Å². The molecule has 0 aromatic heterocycles. The van der Waals surface area contributed by atoms with E-state index in [-0.39, 0.29) is 19.0 Å². The molecule has 0 spiro atoms. The summed E-state index contributed by atoms with van der Waals surface area (Å²) < 4.78 is 6.37. The molecule has 1 aliphatic rings. The van der Waals surface area contributed by atoms with Gasteiger partial charge < -0.3 is 14.7 Å². The number of rotatable bonds is 5. The molecule has 2 rings (SSSR count). The van der Waals surface area contributed by atoms with Crippen LogP contribution in [0.4, 0.5) is 0 Å². The maximum Gasteiger partial charge on any atom is 0.323 e. The second-order valence-electron chi connectivity index (χ2n) is 5.07. The van der Waals surface area contributed by atoms with Crippen molar-refractivity contribution >= 4 is 27.8 Å². The predicted molar refractivity (Wildman–Crippen MR) is 80.8 cm³/mol. The minimum atomic E-state index is -1.02. The van der Waals surface area contributed by atoms with Crippen LogP contribution in [-0.4, -0.2) is 41.1 Å². The third-order valence-electron chi connectivity index (χ3n) is 3.36. The molecule has 1 amide bonds. The highest BCUT2D eigenvalue weighted by molar-refractivity contribution is 9.10. The molecule has 1 aliphatic heterocycles. The van der Waals surface area contributed by atoms with Gasteiger partial charge in [-0.3, -0.25) is 9.59 Å². The normalized spacial score (nSPS) is 18.2. The Morgan fingerprint density at radius 2 is 2.19 bits per heavy atom. The topological polar surface area (TPSA) is 66.8 Å². The number of benzene rings is 1. The summed E-state index contributed by atoms with van der Waals surface area (Å²) in [5.41, 5.74) is 0.884. The van der Waals surface area contributed by atoms with Crippen molar-refractivity contribution in [2.24, 2.45) is 0 Å². The van der Waals surface area contributed by atoms with Crippen LogP contribution >= 0.6 is 15.9 Å². The molecule has 1 unspecified atom stereocenters. The van der Waals surface area contributed by atoms with Gasteiger partial charge in [0.25, 0.3) is 5.91 Å². The molecule has 1 fully saturated rings. The number of nitrogens with zero attached hydrogens (tertiary/aromatic N) is 1. The molecule has 6 heteroatoms. The summed E-state index contributed by atoms with van der Waals surface area (Å²) in [6, 6.07) is 7.50. The molecule has 0 aliphatic carbocycles. The molecule has 0 bridgehead atoms. The van der Waals surface area contributed by atoms with Crippen molar-refractivity contribution in [1.29, 1.82) is 0 Å². The molecular weight excluding hydrogens is 338 g/mol. The van der Waals surface area contributed by atoms with Gasteiger partial charge in [0, 0.05) is 17.6 Å². The Hall–Kier alpha value is -1.40. The second kappa shape index (κ2) is 7.56. The van der Waals surface area contributed by atoms with E-state index in [1.807, 2.05) is 24.3 Å². The zero-order valence-electron chi connectivity index (χ0n) is 11.6. The highest BCUT2D eigenvalue weighted by Gasteiger charge is 2.28. The smallest absolute Gasteiger partial charge is 0.323 e. The number of carbonyl (C=O) groups excluding carboxylic acids is 1. The Labute approximate surface area is 132 Å². The monoisotopic (exact) mass is 355 g/mol. The second-order valence-corrected chi connectivity index (χ2v) is 5.99. The van der Waals surface area contributed by atoms with E-state index in [9.17, 15) is 9.59 Å². The van der Waals surface area contributed by atoms with Crippen LogP contribution in [0.1, 0.15) is 24.8 Å². The van der Waals surface area contributed by atoms with E-state index in [1.165, 1.54) is 4.90 Å².